The lowest BCUT2D eigenvalue weighted by molar-refractivity contribution is 0.0944. The molecule has 0 bridgehead atoms. The highest BCUT2D eigenvalue weighted by molar-refractivity contribution is 5.93. The van der Waals surface area contributed by atoms with Crippen molar-refractivity contribution in [3.05, 3.63) is 53.0 Å². The van der Waals surface area contributed by atoms with Crippen molar-refractivity contribution in [2.24, 2.45) is 0 Å². The minimum atomic E-state index is -0.247. The van der Waals surface area contributed by atoms with E-state index in [-0.39, 0.29) is 23.7 Å². The zero-order chi connectivity index (χ0) is 14.3. The number of aromatic nitrogens is 1. The Morgan fingerprint density at radius 3 is 2.65 bits per heavy atom. The number of amides is 1. The molecule has 1 heterocycles. The number of nitrogens with one attached hydrogen (secondary N) is 1. The molecule has 2 aromatic rings. The average molecular weight is 274 g/mol. The largest absolute Gasteiger partial charge is 0.445 e. The van der Waals surface area contributed by atoms with Gasteiger partial charge in [0, 0.05) is 18.9 Å². The number of carbonyl (C=O) groups excluding carboxylic acids is 1. The predicted molar refractivity (Wildman–Crippen MR) is 71.0 cm³/mol. The molecule has 4 nitrogen and oxygen atoms in total. The fourth-order valence-corrected chi connectivity index (χ4v) is 2.41. The van der Waals surface area contributed by atoms with E-state index in [0.717, 1.165) is 12.0 Å². The molecule has 0 unspecified atom stereocenters. The number of hydrogen-bond acceptors (Lipinski definition) is 3. The maximum Gasteiger partial charge on any atom is 0.273 e. The van der Waals surface area contributed by atoms with Gasteiger partial charge in [-0.05, 0) is 31.0 Å². The Balaban J connectivity index is 1.64. The van der Waals surface area contributed by atoms with Crippen molar-refractivity contribution in [2.75, 3.05) is 0 Å². The highest BCUT2D eigenvalue weighted by Gasteiger charge is 2.40. The SMILES string of the molecule is Cc1nc(C(=O)N[C@@H]2C[C@H]2c2ccc(F)cc2)c(C)o1. The Kier molecular flexibility index (Phi) is 3.04. The molecule has 20 heavy (non-hydrogen) atoms. The summed E-state index contributed by atoms with van der Waals surface area (Å²) in [5.41, 5.74) is 1.39. The van der Waals surface area contributed by atoms with Gasteiger partial charge in [-0.15, -0.1) is 0 Å². The summed E-state index contributed by atoms with van der Waals surface area (Å²) in [4.78, 5) is 16.1. The second-order valence-electron chi connectivity index (χ2n) is 5.11. The van der Waals surface area contributed by atoms with Crippen LogP contribution in [0.2, 0.25) is 0 Å². The van der Waals surface area contributed by atoms with Crippen molar-refractivity contribution < 1.29 is 13.6 Å². The summed E-state index contributed by atoms with van der Waals surface area (Å²) >= 11 is 0. The molecular formula is C15H15FN2O2. The lowest BCUT2D eigenvalue weighted by Gasteiger charge is -2.03. The topological polar surface area (TPSA) is 55.1 Å². The van der Waals surface area contributed by atoms with E-state index in [1.165, 1.54) is 12.1 Å². The van der Waals surface area contributed by atoms with E-state index in [4.69, 9.17) is 4.42 Å². The van der Waals surface area contributed by atoms with Gasteiger partial charge < -0.3 is 9.73 Å². The number of carbonyl (C=O) groups is 1. The highest BCUT2D eigenvalue weighted by Crippen LogP contribution is 2.40. The third kappa shape index (κ3) is 2.43. The Morgan fingerprint density at radius 2 is 2.05 bits per heavy atom. The molecule has 1 saturated carbocycles. The monoisotopic (exact) mass is 274 g/mol. The summed E-state index contributed by atoms with van der Waals surface area (Å²) in [6, 6.07) is 6.49. The number of halogens is 1. The van der Waals surface area contributed by atoms with Crippen molar-refractivity contribution in [3.8, 4) is 0 Å². The molecule has 104 valence electrons. The van der Waals surface area contributed by atoms with Gasteiger partial charge in [0.05, 0.1) is 0 Å². The van der Waals surface area contributed by atoms with Crippen LogP contribution in [0, 0.1) is 19.7 Å². The van der Waals surface area contributed by atoms with Crippen LogP contribution in [0.4, 0.5) is 4.39 Å². The quantitative estimate of drug-likeness (QED) is 0.936. The van der Waals surface area contributed by atoms with Crippen LogP contribution in [0.5, 0.6) is 0 Å². The molecule has 0 aliphatic heterocycles. The van der Waals surface area contributed by atoms with E-state index in [2.05, 4.69) is 10.3 Å². The van der Waals surface area contributed by atoms with Crippen LogP contribution in [0.15, 0.2) is 28.7 Å². The number of aryl methyl sites for hydroxylation is 2. The van der Waals surface area contributed by atoms with E-state index in [1.54, 1.807) is 26.0 Å². The first kappa shape index (κ1) is 12.8. The van der Waals surface area contributed by atoms with E-state index >= 15 is 0 Å². The van der Waals surface area contributed by atoms with Crippen molar-refractivity contribution in [1.82, 2.24) is 10.3 Å². The zero-order valence-corrected chi connectivity index (χ0v) is 11.3. The number of rotatable bonds is 3. The predicted octanol–water partition coefficient (Wildman–Crippen LogP) is 2.72. The van der Waals surface area contributed by atoms with Gasteiger partial charge in [-0.25, -0.2) is 9.37 Å². The molecule has 1 fully saturated rings. The standard InChI is InChI=1S/C15H15FN2O2/c1-8-14(17-9(2)20-8)15(19)18-13-7-12(13)10-3-5-11(16)6-4-10/h3-6,12-13H,7H2,1-2H3,(H,18,19)/t12-,13+/m0/s1. The van der Waals surface area contributed by atoms with Crippen molar-refractivity contribution in [3.63, 3.8) is 0 Å². The molecule has 1 aliphatic rings. The summed E-state index contributed by atoms with van der Waals surface area (Å²) in [5, 5.41) is 2.93. The Labute approximate surface area is 116 Å². The Morgan fingerprint density at radius 1 is 1.35 bits per heavy atom. The van der Waals surface area contributed by atoms with E-state index < -0.39 is 0 Å². The molecule has 2 atom stereocenters. The fourth-order valence-electron chi connectivity index (χ4n) is 2.41. The lowest BCUT2D eigenvalue weighted by atomic mass is 10.1. The van der Waals surface area contributed by atoms with E-state index in [0.29, 0.717) is 17.3 Å². The smallest absolute Gasteiger partial charge is 0.273 e. The Bertz CT molecular complexity index is 648. The molecule has 3 rings (SSSR count). The Hall–Kier alpha value is -2.17. The molecule has 1 aliphatic carbocycles. The molecule has 1 aromatic heterocycles. The molecule has 0 spiro atoms. The van der Waals surface area contributed by atoms with Crippen molar-refractivity contribution >= 4 is 5.91 Å². The van der Waals surface area contributed by atoms with Gasteiger partial charge >= 0.3 is 0 Å². The molecule has 0 radical (unpaired) electrons. The van der Waals surface area contributed by atoms with Gasteiger partial charge in [0.15, 0.2) is 11.6 Å². The van der Waals surface area contributed by atoms with Gasteiger partial charge in [-0.1, -0.05) is 12.1 Å². The van der Waals surface area contributed by atoms with Crippen LogP contribution >= 0.6 is 0 Å². The van der Waals surface area contributed by atoms with Crippen LogP contribution < -0.4 is 5.32 Å². The van der Waals surface area contributed by atoms with Gasteiger partial charge in [-0.3, -0.25) is 4.79 Å². The molecular weight excluding hydrogens is 259 g/mol. The minimum absolute atomic E-state index is 0.0874. The third-order valence-corrected chi connectivity index (χ3v) is 3.52. The van der Waals surface area contributed by atoms with Crippen molar-refractivity contribution in [1.29, 1.82) is 0 Å². The molecule has 5 heteroatoms. The summed E-state index contributed by atoms with van der Waals surface area (Å²) < 4.78 is 18.1. The first-order chi connectivity index (χ1) is 9.54. The lowest BCUT2D eigenvalue weighted by Crippen LogP contribution is -2.27. The summed E-state index contributed by atoms with van der Waals surface area (Å²) in [6.07, 6.45) is 0.868. The van der Waals surface area contributed by atoms with Crippen LogP contribution in [0.25, 0.3) is 0 Å². The van der Waals surface area contributed by atoms with Crippen LogP contribution in [0.3, 0.4) is 0 Å². The third-order valence-electron chi connectivity index (χ3n) is 3.52. The second-order valence-corrected chi connectivity index (χ2v) is 5.11. The number of oxazole rings is 1. The number of nitrogens with zero attached hydrogens (tertiary/aromatic N) is 1. The maximum atomic E-state index is 12.9. The van der Waals surface area contributed by atoms with Gasteiger partial charge in [-0.2, -0.15) is 0 Å². The molecule has 1 aromatic carbocycles. The van der Waals surface area contributed by atoms with E-state index in [9.17, 15) is 9.18 Å². The summed E-state index contributed by atoms with van der Waals surface area (Å²) in [7, 11) is 0. The first-order valence-electron chi connectivity index (χ1n) is 6.55. The fraction of sp³-hybridized carbons (Fsp3) is 0.333. The molecule has 0 saturated heterocycles. The van der Waals surface area contributed by atoms with Crippen molar-refractivity contribution in [2.45, 2.75) is 32.2 Å². The van der Waals surface area contributed by atoms with Gasteiger partial charge in [0.1, 0.15) is 11.6 Å². The first-order valence-corrected chi connectivity index (χ1v) is 6.55. The second kappa shape index (κ2) is 4.74. The average Bonchev–Trinajstić information content (AvgIpc) is 3.07. The maximum absolute atomic E-state index is 12.9. The normalized spacial score (nSPS) is 20.8. The van der Waals surface area contributed by atoms with Gasteiger partial charge in [0.2, 0.25) is 0 Å². The van der Waals surface area contributed by atoms with Crippen LogP contribution in [0.1, 0.15) is 40.0 Å². The van der Waals surface area contributed by atoms with Gasteiger partial charge in [0.25, 0.3) is 5.91 Å². The summed E-state index contributed by atoms with van der Waals surface area (Å²) in [6.45, 7) is 3.43. The minimum Gasteiger partial charge on any atom is -0.445 e. The molecule has 1 N–H and O–H groups in total. The highest BCUT2D eigenvalue weighted by atomic mass is 19.1. The molecule has 1 amide bonds. The van der Waals surface area contributed by atoms with Crippen LogP contribution in [-0.2, 0) is 0 Å². The van der Waals surface area contributed by atoms with Crippen LogP contribution in [-0.4, -0.2) is 16.9 Å². The number of benzene rings is 1. The summed E-state index contributed by atoms with van der Waals surface area (Å²) in [5.74, 6) is 0.808. The zero-order valence-electron chi connectivity index (χ0n) is 11.3. The number of hydrogen-bond donors (Lipinski definition) is 1. The van der Waals surface area contributed by atoms with E-state index in [1.807, 2.05) is 0 Å².